The van der Waals surface area contributed by atoms with Gasteiger partial charge >= 0.3 is 0 Å². The van der Waals surface area contributed by atoms with Crippen molar-refractivity contribution in [3.63, 3.8) is 0 Å². The Morgan fingerprint density at radius 2 is 1.59 bits per heavy atom. The third-order valence-corrected chi connectivity index (χ3v) is 6.30. The number of piperazine rings is 1. The molecule has 0 aliphatic carbocycles. The lowest BCUT2D eigenvalue weighted by molar-refractivity contribution is 0.416. The molecule has 1 aliphatic rings. The Labute approximate surface area is 193 Å². The van der Waals surface area contributed by atoms with Gasteiger partial charge in [0.25, 0.3) is 0 Å². The summed E-state index contributed by atoms with van der Waals surface area (Å²) in [5.41, 5.74) is 6.02. The highest BCUT2D eigenvalue weighted by Crippen LogP contribution is 2.36. The Kier molecular flexibility index (Phi) is 5.39. The number of fused-ring (bicyclic) bond motifs is 1. The Balaban J connectivity index is 1.50. The Morgan fingerprint density at radius 3 is 2.31 bits per heavy atom. The van der Waals surface area contributed by atoms with E-state index in [1.165, 1.54) is 5.69 Å². The number of aryl methyl sites for hydroxylation is 2. The minimum Gasteiger partial charge on any atom is -0.496 e. The highest BCUT2D eigenvalue weighted by Gasteiger charge is 2.23. The normalized spacial score (nSPS) is 14.2. The SMILES string of the molecule is COc1ccccc1-c1c(C)nn2c(N3CCN(c4ccc(Cl)cc4)CC3)cc(C)nc12. The number of methoxy groups -OCH3 is 1. The number of nitrogens with zero attached hydrogens (tertiary/aromatic N) is 5. The van der Waals surface area contributed by atoms with Crippen LogP contribution in [-0.4, -0.2) is 47.9 Å². The molecule has 7 heteroatoms. The molecule has 164 valence electrons. The van der Waals surface area contributed by atoms with Gasteiger partial charge < -0.3 is 14.5 Å². The molecular weight excluding hydrogens is 422 g/mol. The molecule has 2 aromatic heterocycles. The second kappa shape index (κ2) is 8.36. The van der Waals surface area contributed by atoms with Crippen LogP contribution in [0.1, 0.15) is 11.4 Å². The summed E-state index contributed by atoms with van der Waals surface area (Å²) in [7, 11) is 1.70. The van der Waals surface area contributed by atoms with E-state index in [9.17, 15) is 0 Å². The zero-order valence-electron chi connectivity index (χ0n) is 18.5. The number of benzene rings is 2. The zero-order chi connectivity index (χ0) is 22.2. The molecule has 0 N–H and O–H groups in total. The van der Waals surface area contributed by atoms with Crippen LogP contribution < -0.4 is 14.5 Å². The molecule has 32 heavy (non-hydrogen) atoms. The molecular formula is C25H26ClN5O. The van der Waals surface area contributed by atoms with Gasteiger partial charge in [-0.25, -0.2) is 4.98 Å². The lowest BCUT2D eigenvalue weighted by Crippen LogP contribution is -2.47. The number of hydrogen-bond donors (Lipinski definition) is 0. The van der Waals surface area contributed by atoms with E-state index >= 15 is 0 Å². The molecule has 0 bridgehead atoms. The molecule has 0 amide bonds. The largest absolute Gasteiger partial charge is 0.496 e. The van der Waals surface area contributed by atoms with Crippen LogP contribution in [0.15, 0.2) is 54.6 Å². The van der Waals surface area contributed by atoms with Gasteiger partial charge in [-0.2, -0.15) is 9.61 Å². The van der Waals surface area contributed by atoms with Crippen molar-refractivity contribution in [3.8, 4) is 16.9 Å². The van der Waals surface area contributed by atoms with Crippen molar-refractivity contribution >= 4 is 28.8 Å². The maximum atomic E-state index is 6.05. The first-order valence-electron chi connectivity index (χ1n) is 10.8. The molecule has 5 rings (SSSR count). The van der Waals surface area contributed by atoms with Crippen LogP contribution in [0.2, 0.25) is 5.02 Å². The Hall–Kier alpha value is -3.25. The summed E-state index contributed by atoms with van der Waals surface area (Å²) in [5.74, 6) is 1.90. The van der Waals surface area contributed by atoms with E-state index in [0.717, 1.165) is 70.9 Å². The minimum atomic E-state index is 0.766. The minimum absolute atomic E-state index is 0.766. The van der Waals surface area contributed by atoms with Crippen molar-refractivity contribution in [2.24, 2.45) is 0 Å². The molecule has 1 aliphatic heterocycles. The number of anilines is 2. The standard InChI is InChI=1S/C25H26ClN5O/c1-17-16-23(30-14-12-29(13-15-30)20-10-8-19(26)9-11-20)31-25(27-17)24(18(2)28-31)21-6-4-5-7-22(21)32-3/h4-11,16H,12-15H2,1-3H3. The molecule has 0 spiro atoms. The molecule has 0 saturated carbocycles. The van der Waals surface area contributed by atoms with Crippen molar-refractivity contribution < 1.29 is 4.74 Å². The van der Waals surface area contributed by atoms with E-state index in [-0.39, 0.29) is 0 Å². The van der Waals surface area contributed by atoms with Crippen LogP contribution in [0.5, 0.6) is 5.75 Å². The summed E-state index contributed by atoms with van der Waals surface area (Å²) >= 11 is 6.05. The molecule has 4 aromatic rings. The number of hydrogen-bond acceptors (Lipinski definition) is 5. The van der Waals surface area contributed by atoms with Gasteiger partial charge in [0.05, 0.1) is 18.4 Å². The zero-order valence-corrected chi connectivity index (χ0v) is 19.3. The van der Waals surface area contributed by atoms with Crippen molar-refractivity contribution in [3.05, 3.63) is 71.0 Å². The fourth-order valence-corrected chi connectivity index (χ4v) is 4.59. The van der Waals surface area contributed by atoms with Gasteiger partial charge in [-0.1, -0.05) is 29.8 Å². The quantitative estimate of drug-likeness (QED) is 0.440. The molecule has 0 atom stereocenters. The van der Waals surface area contributed by atoms with Crippen LogP contribution in [0, 0.1) is 13.8 Å². The third-order valence-electron chi connectivity index (χ3n) is 6.05. The van der Waals surface area contributed by atoms with Gasteiger partial charge in [0, 0.05) is 54.2 Å². The molecule has 1 saturated heterocycles. The molecule has 0 radical (unpaired) electrons. The number of aromatic nitrogens is 3. The third kappa shape index (κ3) is 3.65. The first kappa shape index (κ1) is 20.6. The van der Waals surface area contributed by atoms with Gasteiger partial charge in [-0.15, -0.1) is 0 Å². The first-order valence-corrected chi connectivity index (χ1v) is 11.2. The highest BCUT2D eigenvalue weighted by molar-refractivity contribution is 6.30. The average molecular weight is 448 g/mol. The van der Waals surface area contributed by atoms with E-state index in [0.29, 0.717) is 0 Å². The first-order chi connectivity index (χ1) is 15.5. The molecule has 0 unspecified atom stereocenters. The summed E-state index contributed by atoms with van der Waals surface area (Å²) in [5, 5.41) is 5.66. The summed E-state index contributed by atoms with van der Waals surface area (Å²) in [6, 6.07) is 18.2. The van der Waals surface area contributed by atoms with Gasteiger partial charge in [-0.05, 0) is 44.2 Å². The fourth-order valence-electron chi connectivity index (χ4n) is 4.46. The van der Waals surface area contributed by atoms with Gasteiger partial charge in [-0.3, -0.25) is 0 Å². The predicted molar refractivity (Wildman–Crippen MR) is 130 cm³/mol. The van der Waals surface area contributed by atoms with Crippen LogP contribution in [0.4, 0.5) is 11.5 Å². The summed E-state index contributed by atoms with van der Waals surface area (Å²) in [6.07, 6.45) is 0. The molecule has 2 aromatic carbocycles. The predicted octanol–water partition coefficient (Wildman–Crippen LogP) is 5.00. The summed E-state index contributed by atoms with van der Waals surface area (Å²) < 4.78 is 7.61. The van der Waals surface area contributed by atoms with Gasteiger partial charge in [0.15, 0.2) is 5.65 Å². The van der Waals surface area contributed by atoms with Gasteiger partial charge in [0.1, 0.15) is 11.6 Å². The van der Waals surface area contributed by atoms with E-state index in [2.05, 4.69) is 34.1 Å². The van der Waals surface area contributed by atoms with Crippen LogP contribution in [0.3, 0.4) is 0 Å². The molecule has 1 fully saturated rings. The second-order valence-corrected chi connectivity index (χ2v) is 8.54. The number of para-hydroxylation sites is 1. The van der Waals surface area contributed by atoms with Gasteiger partial charge in [0.2, 0.25) is 0 Å². The maximum Gasteiger partial charge on any atom is 0.165 e. The summed E-state index contributed by atoms with van der Waals surface area (Å²) in [6.45, 7) is 7.76. The lowest BCUT2D eigenvalue weighted by Gasteiger charge is -2.37. The average Bonchev–Trinajstić information content (AvgIpc) is 3.14. The number of halogens is 1. The smallest absolute Gasteiger partial charge is 0.165 e. The van der Waals surface area contributed by atoms with Crippen LogP contribution >= 0.6 is 11.6 Å². The van der Waals surface area contributed by atoms with E-state index in [1.54, 1.807) is 7.11 Å². The monoisotopic (exact) mass is 447 g/mol. The number of ether oxygens (including phenoxy) is 1. The van der Waals surface area contributed by atoms with Crippen molar-refractivity contribution in [2.75, 3.05) is 43.1 Å². The van der Waals surface area contributed by atoms with E-state index < -0.39 is 0 Å². The fraction of sp³-hybridized carbons (Fsp3) is 0.280. The van der Waals surface area contributed by atoms with Crippen LogP contribution in [-0.2, 0) is 0 Å². The second-order valence-electron chi connectivity index (χ2n) is 8.10. The van der Waals surface area contributed by atoms with Crippen molar-refractivity contribution in [1.29, 1.82) is 0 Å². The Morgan fingerprint density at radius 1 is 0.906 bits per heavy atom. The molecule has 3 heterocycles. The molecule has 6 nitrogen and oxygen atoms in total. The van der Waals surface area contributed by atoms with Crippen LogP contribution in [0.25, 0.3) is 16.8 Å². The van der Waals surface area contributed by atoms with Crippen molar-refractivity contribution in [1.82, 2.24) is 14.6 Å². The summed E-state index contributed by atoms with van der Waals surface area (Å²) in [4.78, 5) is 9.66. The number of rotatable bonds is 4. The highest BCUT2D eigenvalue weighted by atomic mass is 35.5. The van der Waals surface area contributed by atoms with E-state index in [1.807, 2.05) is 48.7 Å². The maximum absolute atomic E-state index is 6.05. The Bertz CT molecular complexity index is 1260. The van der Waals surface area contributed by atoms with E-state index in [4.69, 9.17) is 26.4 Å². The van der Waals surface area contributed by atoms with Crippen molar-refractivity contribution in [2.45, 2.75) is 13.8 Å². The lowest BCUT2D eigenvalue weighted by atomic mass is 10.1. The topological polar surface area (TPSA) is 45.9 Å².